The van der Waals surface area contributed by atoms with Crippen LogP contribution in [0.4, 0.5) is 11.4 Å². The molecule has 14 heteroatoms. The quantitative estimate of drug-likeness (QED) is 0.214. The molecule has 34 heavy (non-hydrogen) atoms. The van der Waals surface area contributed by atoms with Crippen molar-refractivity contribution in [1.82, 2.24) is 0 Å². The molecule has 0 heterocycles. The van der Waals surface area contributed by atoms with Crippen LogP contribution in [-0.2, 0) is 23.9 Å². The SMILES string of the molecule is O=C(O)CCC(=O)OC(CC(=O)Oc1ccc([N+](=O)[O-])cc1)C(=O)Oc1ccc([N+](=O)[O-])cc1. The summed E-state index contributed by atoms with van der Waals surface area (Å²) in [5, 5.41) is 30.1. The van der Waals surface area contributed by atoms with Crippen LogP contribution in [0.3, 0.4) is 0 Å². The van der Waals surface area contributed by atoms with Gasteiger partial charge in [0.2, 0.25) is 6.10 Å². The maximum Gasteiger partial charge on any atom is 0.353 e. The first-order chi connectivity index (χ1) is 16.0. The van der Waals surface area contributed by atoms with Crippen molar-refractivity contribution >= 4 is 35.3 Å². The van der Waals surface area contributed by atoms with Gasteiger partial charge in [0.15, 0.2) is 0 Å². The van der Waals surface area contributed by atoms with E-state index < -0.39 is 59.1 Å². The Bertz CT molecular complexity index is 1100. The van der Waals surface area contributed by atoms with E-state index in [4.69, 9.17) is 19.3 Å². The van der Waals surface area contributed by atoms with E-state index in [-0.39, 0.29) is 22.9 Å². The lowest BCUT2D eigenvalue weighted by atomic mass is 10.2. The summed E-state index contributed by atoms with van der Waals surface area (Å²) in [5.74, 6) is -4.92. The van der Waals surface area contributed by atoms with Crippen LogP contribution in [0.5, 0.6) is 11.5 Å². The van der Waals surface area contributed by atoms with Crippen LogP contribution in [0.2, 0.25) is 0 Å². The standard InChI is InChI=1S/C20H16N2O12/c23-17(24)9-10-18(25)34-16(20(27)33-15-7-3-13(4-8-15)22(30)31)11-19(26)32-14-5-1-12(2-6-14)21(28)29/h1-8,16H,9-11H2,(H,23,24). The number of hydrogen-bond acceptors (Lipinski definition) is 11. The van der Waals surface area contributed by atoms with Gasteiger partial charge in [-0.25, -0.2) is 4.79 Å². The number of ether oxygens (including phenoxy) is 3. The van der Waals surface area contributed by atoms with Crippen LogP contribution in [0.25, 0.3) is 0 Å². The third kappa shape index (κ3) is 7.99. The summed E-state index contributed by atoms with van der Waals surface area (Å²) >= 11 is 0. The highest BCUT2D eigenvalue weighted by Crippen LogP contribution is 2.20. The Morgan fingerprint density at radius 3 is 1.68 bits per heavy atom. The molecule has 2 rings (SSSR count). The summed E-state index contributed by atoms with van der Waals surface area (Å²) in [6.45, 7) is 0. The van der Waals surface area contributed by atoms with E-state index in [9.17, 15) is 39.4 Å². The van der Waals surface area contributed by atoms with Crippen molar-refractivity contribution in [3.63, 3.8) is 0 Å². The number of nitro groups is 2. The zero-order valence-corrected chi connectivity index (χ0v) is 17.1. The third-order valence-electron chi connectivity index (χ3n) is 3.98. The van der Waals surface area contributed by atoms with Crippen molar-refractivity contribution in [3.05, 3.63) is 68.8 Å². The number of carbonyl (C=O) groups is 4. The van der Waals surface area contributed by atoms with Gasteiger partial charge in [0.1, 0.15) is 11.5 Å². The average Bonchev–Trinajstić information content (AvgIpc) is 2.78. The van der Waals surface area contributed by atoms with E-state index in [1.165, 1.54) is 0 Å². The second-order valence-electron chi connectivity index (χ2n) is 6.47. The number of nitro benzene ring substituents is 2. The molecule has 0 bridgehead atoms. The maximum absolute atomic E-state index is 12.5. The van der Waals surface area contributed by atoms with Crippen molar-refractivity contribution in [3.8, 4) is 11.5 Å². The summed E-state index contributed by atoms with van der Waals surface area (Å²) < 4.78 is 14.8. The van der Waals surface area contributed by atoms with Crippen molar-refractivity contribution in [2.75, 3.05) is 0 Å². The van der Waals surface area contributed by atoms with Crippen LogP contribution in [0.15, 0.2) is 48.5 Å². The number of esters is 3. The van der Waals surface area contributed by atoms with Gasteiger partial charge in [-0.15, -0.1) is 0 Å². The van der Waals surface area contributed by atoms with Gasteiger partial charge in [0, 0.05) is 24.3 Å². The molecule has 0 amide bonds. The van der Waals surface area contributed by atoms with Gasteiger partial charge >= 0.3 is 23.9 Å². The van der Waals surface area contributed by atoms with Gasteiger partial charge in [-0.05, 0) is 24.3 Å². The predicted molar refractivity (Wildman–Crippen MR) is 109 cm³/mol. The molecule has 2 aromatic carbocycles. The van der Waals surface area contributed by atoms with Crippen molar-refractivity contribution in [2.45, 2.75) is 25.4 Å². The van der Waals surface area contributed by atoms with Gasteiger partial charge in [-0.1, -0.05) is 0 Å². The number of non-ortho nitro benzene ring substituents is 2. The van der Waals surface area contributed by atoms with E-state index in [1.54, 1.807) is 0 Å². The zero-order valence-electron chi connectivity index (χ0n) is 17.1. The lowest BCUT2D eigenvalue weighted by molar-refractivity contribution is -0.385. The van der Waals surface area contributed by atoms with Gasteiger partial charge in [0.25, 0.3) is 11.4 Å². The summed E-state index contributed by atoms with van der Waals surface area (Å²) in [4.78, 5) is 67.3. The number of nitrogens with zero attached hydrogens (tertiary/aromatic N) is 2. The minimum atomic E-state index is -1.83. The number of benzene rings is 2. The molecule has 1 unspecified atom stereocenters. The third-order valence-corrected chi connectivity index (χ3v) is 3.98. The molecule has 1 N–H and O–H groups in total. The van der Waals surface area contributed by atoms with E-state index in [1.807, 2.05) is 0 Å². The largest absolute Gasteiger partial charge is 0.481 e. The highest BCUT2D eigenvalue weighted by molar-refractivity contribution is 5.87. The molecule has 0 aromatic heterocycles. The molecular weight excluding hydrogens is 460 g/mol. The fourth-order valence-corrected chi connectivity index (χ4v) is 2.38. The highest BCUT2D eigenvalue weighted by Gasteiger charge is 2.29. The molecule has 2 aromatic rings. The molecule has 0 saturated heterocycles. The zero-order chi connectivity index (χ0) is 25.3. The second kappa shape index (κ2) is 11.7. The average molecular weight is 476 g/mol. The lowest BCUT2D eigenvalue weighted by Crippen LogP contribution is -2.34. The fourth-order valence-electron chi connectivity index (χ4n) is 2.38. The van der Waals surface area contributed by atoms with E-state index >= 15 is 0 Å². The number of aliphatic carboxylic acids is 1. The van der Waals surface area contributed by atoms with Gasteiger partial charge in [0.05, 0.1) is 29.1 Å². The van der Waals surface area contributed by atoms with Crippen molar-refractivity contribution in [1.29, 1.82) is 0 Å². The molecular formula is C20H16N2O12. The Balaban J connectivity index is 2.10. The Kier molecular flexibility index (Phi) is 8.70. The van der Waals surface area contributed by atoms with E-state index in [0.717, 1.165) is 48.5 Å². The van der Waals surface area contributed by atoms with Gasteiger partial charge < -0.3 is 19.3 Å². The minimum Gasteiger partial charge on any atom is -0.481 e. The summed E-state index contributed by atoms with van der Waals surface area (Å²) in [5.41, 5.74) is -0.528. The number of carboxylic acid groups (broad SMARTS) is 1. The van der Waals surface area contributed by atoms with Crippen LogP contribution in [-0.4, -0.2) is 44.9 Å². The molecule has 0 spiro atoms. The Morgan fingerprint density at radius 2 is 1.24 bits per heavy atom. The number of hydrogen-bond donors (Lipinski definition) is 1. The first-order valence-corrected chi connectivity index (χ1v) is 9.37. The van der Waals surface area contributed by atoms with Crippen LogP contribution in [0, 0.1) is 20.2 Å². The lowest BCUT2D eigenvalue weighted by Gasteiger charge is -2.16. The van der Waals surface area contributed by atoms with E-state index in [0.29, 0.717) is 0 Å². The molecule has 0 radical (unpaired) electrons. The van der Waals surface area contributed by atoms with Crippen molar-refractivity contribution < 1.29 is 48.3 Å². The molecule has 0 aliphatic heterocycles. The molecule has 14 nitrogen and oxygen atoms in total. The number of carboxylic acids is 1. The Morgan fingerprint density at radius 1 is 0.765 bits per heavy atom. The summed E-state index contributed by atoms with van der Waals surface area (Å²) in [6, 6.07) is 8.75. The normalized spacial score (nSPS) is 11.1. The molecule has 0 aliphatic carbocycles. The molecule has 0 saturated carbocycles. The topological polar surface area (TPSA) is 202 Å². The van der Waals surface area contributed by atoms with Crippen LogP contribution < -0.4 is 9.47 Å². The first kappa shape index (κ1) is 25.4. The van der Waals surface area contributed by atoms with Crippen molar-refractivity contribution in [2.24, 2.45) is 0 Å². The van der Waals surface area contributed by atoms with Gasteiger partial charge in [-0.3, -0.25) is 34.6 Å². The predicted octanol–water partition coefficient (Wildman–Crippen LogP) is 2.18. The molecule has 1 atom stereocenters. The fraction of sp³-hybridized carbons (Fsp3) is 0.200. The van der Waals surface area contributed by atoms with Gasteiger partial charge in [-0.2, -0.15) is 0 Å². The molecule has 0 aliphatic rings. The number of rotatable bonds is 11. The monoisotopic (exact) mass is 476 g/mol. The molecule has 178 valence electrons. The Labute approximate surface area is 189 Å². The Hall–Kier alpha value is -4.88. The minimum absolute atomic E-state index is 0.0877. The maximum atomic E-state index is 12.5. The van der Waals surface area contributed by atoms with Crippen LogP contribution >= 0.6 is 0 Å². The highest BCUT2D eigenvalue weighted by atomic mass is 16.6. The molecule has 0 fully saturated rings. The summed E-state index contributed by atoms with van der Waals surface area (Å²) in [7, 11) is 0. The van der Waals surface area contributed by atoms with Crippen LogP contribution in [0.1, 0.15) is 19.3 Å². The first-order valence-electron chi connectivity index (χ1n) is 9.37. The summed E-state index contributed by atoms with van der Waals surface area (Å²) in [6.07, 6.45) is -3.84. The second-order valence-corrected chi connectivity index (χ2v) is 6.47. The number of carbonyl (C=O) groups excluding carboxylic acids is 3. The smallest absolute Gasteiger partial charge is 0.353 e. The van der Waals surface area contributed by atoms with E-state index in [2.05, 4.69) is 0 Å².